The standard InChI is InChI=1S/C15H16F2N2O2/c16-12-4-5-13(17)11(9-12)10-21-15-6-7-18-19(15)14-3-1-2-8-20-14/h4-7,9,14H,1-3,8,10H2. The lowest BCUT2D eigenvalue weighted by molar-refractivity contribution is -0.0443. The first-order valence-electron chi connectivity index (χ1n) is 6.96. The summed E-state index contributed by atoms with van der Waals surface area (Å²) in [5.41, 5.74) is 0.173. The third-order valence-electron chi connectivity index (χ3n) is 3.45. The maximum Gasteiger partial charge on any atom is 0.214 e. The Bertz CT molecular complexity index is 609. The summed E-state index contributed by atoms with van der Waals surface area (Å²) < 4.78 is 39.5. The summed E-state index contributed by atoms with van der Waals surface area (Å²) in [6.45, 7) is 0.643. The molecule has 0 radical (unpaired) electrons. The minimum Gasteiger partial charge on any atom is -0.473 e. The van der Waals surface area contributed by atoms with E-state index in [4.69, 9.17) is 9.47 Å². The highest BCUT2D eigenvalue weighted by Crippen LogP contribution is 2.26. The van der Waals surface area contributed by atoms with Crippen LogP contribution in [0, 0.1) is 11.6 Å². The van der Waals surface area contributed by atoms with E-state index in [9.17, 15) is 8.78 Å². The minimum absolute atomic E-state index is 0.0536. The summed E-state index contributed by atoms with van der Waals surface area (Å²) in [5, 5.41) is 4.19. The summed E-state index contributed by atoms with van der Waals surface area (Å²) >= 11 is 0. The van der Waals surface area contributed by atoms with Crippen molar-refractivity contribution in [3.63, 3.8) is 0 Å². The first kappa shape index (κ1) is 14.0. The van der Waals surface area contributed by atoms with Crippen molar-refractivity contribution in [2.45, 2.75) is 32.1 Å². The van der Waals surface area contributed by atoms with Crippen molar-refractivity contribution >= 4 is 0 Å². The van der Waals surface area contributed by atoms with Gasteiger partial charge in [0.15, 0.2) is 6.23 Å². The average molecular weight is 294 g/mol. The number of nitrogens with zero attached hydrogens (tertiary/aromatic N) is 2. The lowest BCUT2D eigenvalue weighted by Crippen LogP contribution is -2.20. The molecule has 3 rings (SSSR count). The van der Waals surface area contributed by atoms with Crippen LogP contribution < -0.4 is 4.74 Å². The number of hydrogen-bond acceptors (Lipinski definition) is 3. The van der Waals surface area contributed by atoms with Gasteiger partial charge in [0.2, 0.25) is 5.88 Å². The number of hydrogen-bond donors (Lipinski definition) is 0. The molecular formula is C15H16F2N2O2. The summed E-state index contributed by atoms with van der Waals surface area (Å²) in [7, 11) is 0. The lowest BCUT2D eigenvalue weighted by atomic mass is 10.2. The van der Waals surface area contributed by atoms with Crippen LogP contribution in [0.2, 0.25) is 0 Å². The van der Waals surface area contributed by atoms with Crippen molar-refractivity contribution in [3.05, 3.63) is 47.7 Å². The van der Waals surface area contributed by atoms with Gasteiger partial charge >= 0.3 is 0 Å². The van der Waals surface area contributed by atoms with Gasteiger partial charge in [0.25, 0.3) is 0 Å². The Balaban J connectivity index is 1.71. The molecule has 1 atom stereocenters. The number of ether oxygens (including phenoxy) is 2. The molecule has 1 saturated heterocycles. The second-order valence-corrected chi connectivity index (χ2v) is 4.96. The van der Waals surface area contributed by atoms with Gasteiger partial charge in [0, 0.05) is 18.2 Å². The largest absolute Gasteiger partial charge is 0.473 e. The number of aromatic nitrogens is 2. The van der Waals surface area contributed by atoms with Gasteiger partial charge in [-0.05, 0) is 37.5 Å². The molecule has 2 aromatic rings. The second kappa shape index (κ2) is 6.22. The number of rotatable bonds is 4. The van der Waals surface area contributed by atoms with Crippen molar-refractivity contribution in [3.8, 4) is 5.88 Å². The Morgan fingerprint density at radius 1 is 1.29 bits per heavy atom. The third kappa shape index (κ3) is 3.21. The summed E-state index contributed by atoms with van der Waals surface area (Å²) in [6, 6.07) is 5.00. The fraction of sp³-hybridized carbons (Fsp3) is 0.400. The predicted molar refractivity (Wildman–Crippen MR) is 71.8 cm³/mol. The van der Waals surface area contributed by atoms with Crippen molar-refractivity contribution in [2.24, 2.45) is 0 Å². The van der Waals surface area contributed by atoms with Crippen molar-refractivity contribution in [1.29, 1.82) is 0 Å². The maximum atomic E-state index is 13.6. The van der Waals surface area contributed by atoms with Crippen LogP contribution >= 0.6 is 0 Å². The van der Waals surface area contributed by atoms with Crippen molar-refractivity contribution in [1.82, 2.24) is 9.78 Å². The molecule has 0 bridgehead atoms. The predicted octanol–water partition coefficient (Wildman–Crippen LogP) is 3.44. The molecule has 1 aliphatic heterocycles. The monoisotopic (exact) mass is 294 g/mol. The van der Waals surface area contributed by atoms with E-state index in [1.807, 2.05) is 0 Å². The van der Waals surface area contributed by atoms with Crippen molar-refractivity contribution < 1.29 is 18.3 Å². The van der Waals surface area contributed by atoms with Crippen LogP contribution in [0.5, 0.6) is 5.88 Å². The topological polar surface area (TPSA) is 36.3 Å². The van der Waals surface area contributed by atoms with Gasteiger partial charge in [-0.1, -0.05) is 0 Å². The van der Waals surface area contributed by atoms with Gasteiger partial charge in [-0.2, -0.15) is 5.10 Å². The van der Waals surface area contributed by atoms with E-state index in [1.54, 1.807) is 16.9 Å². The van der Waals surface area contributed by atoms with Crippen LogP contribution in [0.3, 0.4) is 0 Å². The number of benzene rings is 1. The van der Waals surface area contributed by atoms with Crippen molar-refractivity contribution in [2.75, 3.05) is 6.61 Å². The van der Waals surface area contributed by atoms with Crippen LogP contribution in [0.4, 0.5) is 8.78 Å². The molecule has 112 valence electrons. The highest BCUT2D eigenvalue weighted by molar-refractivity contribution is 5.19. The van der Waals surface area contributed by atoms with Gasteiger partial charge in [0.1, 0.15) is 18.2 Å². The normalized spacial score (nSPS) is 18.7. The maximum absolute atomic E-state index is 13.6. The zero-order valence-electron chi connectivity index (χ0n) is 11.5. The van der Waals surface area contributed by atoms with Crippen LogP contribution in [-0.2, 0) is 11.3 Å². The fourth-order valence-corrected chi connectivity index (χ4v) is 2.35. The highest BCUT2D eigenvalue weighted by atomic mass is 19.1. The molecule has 6 heteroatoms. The Morgan fingerprint density at radius 2 is 2.19 bits per heavy atom. The molecule has 0 aliphatic carbocycles. The second-order valence-electron chi connectivity index (χ2n) is 4.96. The molecule has 1 unspecified atom stereocenters. The Hall–Kier alpha value is -1.95. The van der Waals surface area contributed by atoms with E-state index in [0.717, 1.165) is 37.5 Å². The molecule has 1 aliphatic rings. The van der Waals surface area contributed by atoms with Gasteiger partial charge in [-0.3, -0.25) is 0 Å². The molecule has 0 spiro atoms. The smallest absolute Gasteiger partial charge is 0.214 e. The van der Waals surface area contributed by atoms with E-state index in [2.05, 4.69) is 5.10 Å². The molecule has 2 heterocycles. The first-order chi connectivity index (χ1) is 10.2. The van der Waals surface area contributed by atoms with Crippen LogP contribution in [0.25, 0.3) is 0 Å². The molecule has 1 fully saturated rings. The number of halogens is 2. The molecule has 0 saturated carbocycles. The highest BCUT2D eigenvalue weighted by Gasteiger charge is 2.19. The Labute approximate surface area is 121 Å². The quantitative estimate of drug-likeness (QED) is 0.866. The molecule has 0 amide bonds. The fourth-order valence-electron chi connectivity index (χ4n) is 2.35. The molecule has 1 aromatic carbocycles. The Morgan fingerprint density at radius 3 is 3.00 bits per heavy atom. The van der Waals surface area contributed by atoms with Crippen LogP contribution in [-0.4, -0.2) is 16.4 Å². The average Bonchev–Trinajstić information content (AvgIpc) is 2.97. The SMILES string of the molecule is Fc1ccc(F)c(COc2ccnn2C2CCCCO2)c1. The van der Waals surface area contributed by atoms with E-state index in [1.165, 1.54) is 0 Å². The zero-order chi connectivity index (χ0) is 14.7. The lowest BCUT2D eigenvalue weighted by Gasteiger charge is -2.24. The third-order valence-corrected chi connectivity index (χ3v) is 3.45. The molecule has 21 heavy (non-hydrogen) atoms. The zero-order valence-corrected chi connectivity index (χ0v) is 11.5. The minimum atomic E-state index is -0.489. The molecule has 1 aromatic heterocycles. The van der Waals surface area contributed by atoms with Crippen LogP contribution in [0.15, 0.2) is 30.5 Å². The summed E-state index contributed by atoms with van der Waals surface area (Å²) in [6.07, 6.45) is 4.44. The molecular weight excluding hydrogens is 278 g/mol. The molecule has 0 N–H and O–H groups in total. The van der Waals surface area contributed by atoms with Gasteiger partial charge < -0.3 is 9.47 Å². The van der Waals surface area contributed by atoms with E-state index in [0.29, 0.717) is 12.5 Å². The summed E-state index contributed by atoms with van der Waals surface area (Å²) in [5.74, 6) is -0.485. The van der Waals surface area contributed by atoms with Gasteiger partial charge in [-0.15, -0.1) is 0 Å². The Kier molecular flexibility index (Phi) is 4.15. The molecule has 4 nitrogen and oxygen atoms in total. The van der Waals surface area contributed by atoms with E-state index >= 15 is 0 Å². The first-order valence-corrected chi connectivity index (χ1v) is 6.96. The summed E-state index contributed by atoms with van der Waals surface area (Å²) in [4.78, 5) is 0. The van der Waals surface area contributed by atoms with Gasteiger partial charge in [0.05, 0.1) is 6.20 Å². The van der Waals surface area contributed by atoms with Gasteiger partial charge in [-0.25, -0.2) is 13.5 Å². The van der Waals surface area contributed by atoms with E-state index in [-0.39, 0.29) is 18.4 Å². The van der Waals surface area contributed by atoms with E-state index < -0.39 is 11.6 Å². The van der Waals surface area contributed by atoms with Crippen LogP contribution in [0.1, 0.15) is 31.1 Å².